The Hall–Kier alpha value is -2.15. The van der Waals surface area contributed by atoms with Crippen LogP contribution in [0.1, 0.15) is 45.4 Å². The molecule has 3 aliphatic rings. The first kappa shape index (κ1) is 18.6. The van der Waals surface area contributed by atoms with Crippen LogP contribution in [0.15, 0.2) is 23.8 Å². The lowest BCUT2D eigenvalue weighted by atomic mass is 9.84. The lowest BCUT2D eigenvalue weighted by Gasteiger charge is -2.20. The Morgan fingerprint density at radius 2 is 2.19 bits per heavy atom. The molecule has 1 N–H and O–H groups in total. The molecule has 0 unspecified atom stereocenters. The van der Waals surface area contributed by atoms with Gasteiger partial charge in [0.1, 0.15) is 18.8 Å². The Morgan fingerprint density at radius 3 is 2.92 bits per heavy atom. The molecule has 142 valence electrons. The third-order valence-corrected chi connectivity index (χ3v) is 5.40. The van der Waals surface area contributed by atoms with E-state index in [4.69, 9.17) is 19.3 Å². The van der Waals surface area contributed by atoms with Crippen LogP contribution in [0.25, 0.3) is 0 Å². The number of esters is 2. The van der Waals surface area contributed by atoms with Gasteiger partial charge < -0.3 is 19.3 Å². The van der Waals surface area contributed by atoms with Crippen LogP contribution in [0.3, 0.4) is 0 Å². The molecule has 26 heavy (non-hydrogen) atoms. The Kier molecular flexibility index (Phi) is 5.18. The van der Waals surface area contributed by atoms with Crippen LogP contribution in [-0.4, -0.2) is 47.4 Å². The van der Waals surface area contributed by atoms with E-state index in [2.05, 4.69) is 12.7 Å². The maximum absolute atomic E-state index is 11.9. The Bertz CT molecular complexity index is 665. The van der Waals surface area contributed by atoms with Crippen molar-refractivity contribution in [3.63, 3.8) is 0 Å². The first-order valence-electron chi connectivity index (χ1n) is 8.93. The number of carbonyl (C=O) groups excluding carboxylic acids is 2. The summed E-state index contributed by atoms with van der Waals surface area (Å²) < 4.78 is 16.5. The van der Waals surface area contributed by atoms with Crippen molar-refractivity contribution in [2.75, 3.05) is 6.61 Å². The molecule has 0 radical (unpaired) electrons. The molecule has 2 aliphatic heterocycles. The highest BCUT2D eigenvalue weighted by atomic mass is 16.6. The van der Waals surface area contributed by atoms with E-state index in [-0.39, 0.29) is 49.1 Å². The van der Waals surface area contributed by atoms with Crippen LogP contribution in [-0.2, 0) is 28.6 Å². The molecule has 4 atom stereocenters. The Morgan fingerprint density at radius 1 is 1.42 bits per heavy atom. The number of allylic oxidation sites excluding steroid dienone is 1. The highest BCUT2D eigenvalue weighted by Gasteiger charge is 2.61. The van der Waals surface area contributed by atoms with Crippen molar-refractivity contribution in [1.82, 2.24) is 0 Å². The molecule has 7 heteroatoms. The molecule has 0 spiro atoms. The summed E-state index contributed by atoms with van der Waals surface area (Å²) in [5, 5.41) is 8.61. The fourth-order valence-electron chi connectivity index (χ4n) is 3.71. The fourth-order valence-corrected chi connectivity index (χ4v) is 3.71. The second-order valence-electron chi connectivity index (χ2n) is 7.35. The molecule has 0 bridgehead atoms. The lowest BCUT2D eigenvalue weighted by molar-refractivity contribution is -0.147. The Balaban J connectivity index is 1.62. The summed E-state index contributed by atoms with van der Waals surface area (Å²) >= 11 is 0. The number of rotatable bonds is 5. The maximum Gasteiger partial charge on any atom is 0.334 e. The number of carboxylic acid groups (broad SMARTS) is 1. The van der Waals surface area contributed by atoms with Gasteiger partial charge in [-0.15, -0.1) is 0 Å². The van der Waals surface area contributed by atoms with Crippen molar-refractivity contribution < 1.29 is 33.7 Å². The third kappa shape index (κ3) is 3.98. The summed E-state index contributed by atoms with van der Waals surface area (Å²) in [6.45, 7) is 6.03. The van der Waals surface area contributed by atoms with Crippen molar-refractivity contribution >= 4 is 17.9 Å². The molecule has 2 saturated heterocycles. The second kappa shape index (κ2) is 7.23. The number of carbonyl (C=O) groups is 3. The molecule has 3 rings (SSSR count). The minimum atomic E-state index is -1.03. The van der Waals surface area contributed by atoms with Crippen molar-refractivity contribution in [1.29, 1.82) is 0 Å². The molecule has 2 fully saturated rings. The van der Waals surface area contributed by atoms with E-state index < -0.39 is 11.9 Å². The third-order valence-electron chi connectivity index (χ3n) is 5.40. The summed E-state index contributed by atoms with van der Waals surface area (Å²) in [5.41, 5.74) is 1.14. The number of epoxide rings is 1. The molecule has 0 amide bonds. The van der Waals surface area contributed by atoms with Gasteiger partial charge in [0.15, 0.2) is 0 Å². The van der Waals surface area contributed by atoms with E-state index in [1.54, 1.807) is 0 Å². The van der Waals surface area contributed by atoms with Gasteiger partial charge in [-0.3, -0.25) is 9.59 Å². The molecule has 1 aliphatic carbocycles. The first-order chi connectivity index (χ1) is 12.3. The molecule has 2 heterocycles. The second-order valence-corrected chi connectivity index (χ2v) is 7.35. The smallest absolute Gasteiger partial charge is 0.334 e. The summed E-state index contributed by atoms with van der Waals surface area (Å²) in [6, 6.07) is 0. The van der Waals surface area contributed by atoms with Crippen molar-refractivity contribution in [3.05, 3.63) is 23.8 Å². The van der Waals surface area contributed by atoms with Gasteiger partial charge in [-0.2, -0.15) is 0 Å². The predicted molar refractivity (Wildman–Crippen MR) is 90.2 cm³/mol. The lowest BCUT2D eigenvalue weighted by Crippen LogP contribution is -2.29. The number of hydrogen-bond donors (Lipinski definition) is 1. The van der Waals surface area contributed by atoms with Crippen molar-refractivity contribution in [2.24, 2.45) is 5.92 Å². The summed E-state index contributed by atoms with van der Waals surface area (Å²) in [5.74, 6) is -2.01. The number of aliphatic carboxylic acids is 1. The first-order valence-corrected chi connectivity index (χ1v) is 8.93. The quantitative estimate of drug-likeness (QED) is 0.345. The van der Waals surface area contributed by atoms with Gasteiger partial charge >= 0.3 is 17.9 Å². The van der Waals surface area contributed by atoms with Gasteiger partial charge in [-0.25, -0.2) is 4.79 Å². The average molecular weight is 364 g/mol. The fraction of sp³-hybridized carbons (Fsp3) is 0.632. The largest absolute Gasteiger partial charge is 0.481 e. The van der Waals surface area contributed by atoms with Crippen LogP contribution >= 0.6 is 0 Å². The van der Waals surface area contributed by atoms with Crippen LogP contribution in [0.5, 0.6) is 0 Å². The van der Waals surface area contributed by atoms with Gasteiger partial charge in [-0.05, 0) is 38.2 Å². The summed E-state index contributed by atoms with van der Waals surface area (Å²) in [4.78, 5) is 34.1. The van der Waals surface area contributed by atoms with Crippen molar-refractivity contribution in [2.45, 2.75) is 63.3 Å². The highest BCUT2D eigenvalue weighted by molar-refractivity contribution is 5.91. The standard InChI is InChI=1S/C19H24O7/c1-11-13-6-5-12(10-24-15(22)8-7-14(20)21)4-3-9-19(2)17(26-19)16(13)25-18(11)23/h4,13,16-17H,1,3,5-10H2,2H3,(H,20,21)/t13-,16-,17-,19+/m0/s1. The molecule has 0 aromatic rings. The molecule has 0 aromatic heterocycles. The number of fused-ring (bicyclic) bond motifs is 3. The highest BCUT2D eigenvalue weighted by Crippen LogP contribution is 2.49. The summed E-state index contributed by atoms with van der Waals surface area (Å²) in [6.07, 6.45) is 4.20. The van der Waals surface area contributed by atoms with Gasteiger partial charge in [-0.1, -0.05) is 12.7 Å². The maximum atomic E-state index is 11.9. The minimum absolute atomic E-state index is 0.0838. The van der Waals surface area contributed by atoms with Crippen LogP contribution in [0, 0.1) is 5.92 Å². The van der Waals surface area contributed by atoms with Crippen LogP contribution < -0.4 is 0 Å². The monoisotopic (exact) mass is 364 g/mol. The van der Waals surface area contributed by atoms with E-state index in [0.717, 1.165) is 18.4 Å². The number of hydrogen-bond acceptors (Lipinski definition) is 6. The SMILES string of the molecule is C=C1C(=O)O[C@H]2[C@H]1CCC(COC(=O)CCC(=O)O)=CCC[C@@]1(C)O[C@@H]21. The topological polar surface area (TPSA) is 102 Å². The minimum Gasteiger partial charge on any atom is -0.481 e. The van der Waals surface area contributed by atoms with E-state index in [1.807, 2.05) is 6.92 Å². The van der Waals surface area contributed by atoms with E-state index in [0.29, 0.717) is 18.4 Å². The molecule has 0 saturated carbocycles. The number of ether oxygens (including phenoxy) is 3. The zero-order chi connectivity index (χ0) is 18.9. The predicted octanol–water partition coefficient (Wildman–Crippen LogP) is 2.15. The molecular formula is C19H24O7. The zero-order valence-electron chi connectivity index (χ0n) is 14.9. The zero-order valence-corrected chi connectivity index (χ0v) is 14.9. The average Bonchev–Trinajstić information content (AvgIpc) is 3.17. The van der Waals surface area contributed by atoms with Gasteiger partial charge in [0.05, 0.1) is 18.4 Å². The summed E-state index contributed by atoms with van der Waals surface area (Å²) in [7, 11) is 0. The molecule has 7 nitrogen and oxygen atoms in total. The van der Waals surface area contributed by atoms with Crippen LogP contribution in [0.2, 0.25) is 0 Å². The van der Waals surface area contributed by atoms with E-state index in [1.165, 1.54) is 0 Å². The molecular weight excluding hydrogens is 340 g/mol. The van der Waals surface area contributed by atoms with E-state index >= 15 is 0 Å². The van der Waals surface area contributed by atoms with Gasteiger partial charge in [0, 0.05) is 11.5 Å². The van der Waals surface area contributed by atoms with Gasteiger partial charge in [0.25, 0.3) is 0 Å². The van der Waals surface area contributed by atoms with Crippen LogP contribution in [0.4, 0.5) is 0 Å². The van der Waals surface area contributed by atoms with E-state index in [9.17, 15) is 14.4 Å². The normalized spacial score (nSPS) is 33.4. The van der Waals surface area contributed by atoms with Crippen molar-refractivity contribution in [3.8, 4) is 0 Å². The van der Waals surface area contributed by atoms with Gasteiger partial charge in [0.2, 0.25) is 0 Å². The number of carboxylic acids is 1. The molecule has 0 aromatic carbocycles. The Labute approximate surface area is 152 Å².